The molecular weight excluding hydrogens is 560 g/mol. The molecule has 0 unspecified atom stereocenters. The quantitative estimate of drug-likeness (QED) is 0.193. The number of alkyl carbamates (subject to hydrolysis) is 1. The van der Waals surface area contributed by atoms with Gasteiger partial charge in [0.25, 0.3) is 0 Å². The van der Waals surface area contributed by atoms with Crippen molar-refractivity contribution in [3.05, 3.63) is 155 Å². The third-order valence-corrected chi connectivity index (χ3v) is 8.05. The maximum Gasteiger partial charge on any atom is 0.408 e. The average molecular weight is 597 g/mol. The van der Waals surface area contributed by atoms with Gasteiger partial charge in [-0.25, -0.2) is 13.2 Å². The Morgan fingerprint density at radius 3 is 1.77 bits per heavy atom. The van der Waals surface area contributed by atoms with Crippen molar-refractivity contribution in [2.24, 2.45) is 0 Å². The van der Waals surface area contributed by atoms with Gasteiger partial charge in [0.2, 0.25) is 5.91 Å². The lowest BCUT2D eigenvalue weighted by Gasteiger charge is -2.22. The number of carbonyl (C=O) groups excluding carboxylic acids is 2. The summed E-state index contributed by atoms with van der Waals surface area (Å²) >= 11 is 0. The summed E-state index contributed by atoms with van der Waals surface area (Å²) in [5, 5.41) is 6.84. The molecule has 4 aromatic carbocycles. The number of rotatable bonds is 14. The van der Waals surface area contributed by atoms with Crippen molar-refractivity contribution in [2.75, 3.05) is 0 Å². The van der Waals surface area contributed by atoms with Gasteiger partial charge in [-0.3, -0.25) is 4.79 Å². The number of nitrogens with one attached hydrogen (secondary N) is 2. The lowest BCUT2D eigenvalue weighted by molar-refractivity contribution is -0.123. The third-order valence-electron chi connectivity index (χ3n) is 6.75. The largest absolute Gasteiger partial charge is 0.445 e. The standard InChI is InChI=1S/C35H36N2O5S/c38-34(33(25-29-15-7-2-8-16-29)37-35(39)42-26-30-17-9-3-10-18-30)36-32(22-21-28-13-5-1-6-14-28)23-24-43(40,41)27-31-19-11-4-12-20-31/h1-20,23-24,32-33H,21-22,25-27H2,(H,36,38)(H,37,39)/t32-,33-/m0/s1. The zero-order chi connectivity index (χ0) is 30.3. The molecule has 0 aliphatic rings. The number of carbonyl (C=O) groups is 2. The summed E-state index contributed by atoms with van der Waals surface area (Å²) in [6.07, 6.45) is 2.11. The highest BCUT2D eigenvalue weighted by atomic mass is 32.2. The first-order valence-corrected chi connectivity index (χ1v) is 15.9. The van der Waals surface area contributed by atoms with Crippen LogP contribution < -0.4 is 10.6 Å². The summed E-state index contributed by atoms with van der Waals surface area (Å²) in [7, 11) is -3.59. The van der Waals surface area contributed by atoms with E-state index in [0.29, 0.717) is 18.4 Å². The molecule has 0 aliphatic heterocycles. The van der Waals surface area contributed by atoms with Crippen molar-refractivity contribution in [2.45, 2.75) is 43.7 Å². The number of hydrogen-bond donors (Lipinski definition) is 2. The number of benzene rings is 4. The number of amides is 2. The maximum atomic E-state index is 13.6. The van der Waals surface area contributed by atoms with Crippen LogP contribution in [0.1, 0.15) is 28.7 Å². The molecule has 0 heterocycles. The Hall–Kier alpha value is -4.69. The average Bonchev–Trinajstić information content (AvgIpc) is 3.03. The lowest BCUT2D eigenvalue weighted by atomic mass is 10.0. The van der Waals surface area contributed by atoms with Crippen LogP contribution in [0.4, 0.5) is 4.79 Å². The molecular formula is C35H36N2O5S. The Balaban J connectivity index is 1.48. The van der Waals surface area contributed by atoms with E-state index in [0.717, 1.165) is 16.7 Å². The van der Waals surface area contributed by atoms with Gasteiger partial charge in [0, 0.05) is 17.9 Å². The molecule has 4 aromatic rings. The fourth-order valence-corrected chi connectivity index (χ4v) is 5.68. The van der Waals surface area contributed by atoms with Crippen molar-refractivity contribution < 1.29 is 22.7 Å². The summed E-state index contributed by atoms with van der Waals surface area (Å²) in [6.45, 7) is 0.0636. The second-order valence-corrected chi connectivity index (χ2v) is 12.1. The summed E-state index contributed by atoms with van der Waals surface area (Å²) in [5.74, 6) is -0.585. The molecule has 43 heavy (non-hydrogen) atoms. The minimum absolute atomic E-state index is 0.0636. The van der Waals surface area contributed by atoms with E-state index in [1.54, 1.807) is 24.3 Å². The highest BCUT2D eigenvalue weighted by molar-refractivity contribution is 7.93. The number of ether oxygens (including phenoxy) is 1. The zero-order valence-corrected chi connectivity index (χ0v) is 24.7. The summed E-state index contributed by atoms with van der Waals surface area (Å²) < 4.78 is 31.2. The number of hydrogen-bond acceptors (Lipinski definition) is 5. The van der Waals surface area contributed by atoms with Gasteiger partial charge in [-0.1, -0.05) is 127 Å². The van der Waals surface area contributed by atoms with E-state index >= 15 is 0 Å². The Bertz CT molecular complexity index is 1560. The highest BCUT2D eigenvalue weighted by Crippen LogP contribution is 2.12. The van der Waals surface area contributed by atoms with Crippen molar-refractivity contribution in [1.29, 1.82) is 0 Å². The van der Waals surface area contributed by atoms with Gasteiger partial charge in [-0.15, -0.1) is 0 Å². The van der Waals surface area contributed by atoms with Crippen LogP contribution in [0.2, 0.25) is 0 Å². The van der Waals surface area contributed by atoms with E-state index in [1.165, 1.54) is 11.5 Å². The molecule has 2 N–H and O–H groups in total. The molecule has 7 nitrogen and oxygen atoms in total. The molecule has 4 rings (SSSR count). The molecule has 0 radical (unpaired) electrons. The molecule has 0 aromatic heterocycles. The van der Waals surface area contributed by atoms with Gasteiger partial charge < -0.3 is 15.4 Å². The SMILES string of the molecule is O=C(N[C@@H](Cc1ccccc1)C(=O)N[C@H](C=CS(=O)(=O)Cc1ccccc1)CCc1ccccc1)OCc1ccccc1. The van der Waals surface area contributed by atoms with E-state index in [1.807, 2.05) is 97.1 Å². The van der Waals surface area contributed by atoms with Crippen LogP contribution in [0.3, 0.4) is 0 Å². The maximum absolute atomic E-state index is 13.6. The van der Waals surface area contributed by atoms with Crippen molar-refractivity contribution >= 4 is 21.8 Å². The van der Waals surface area contributed by atoms with E-state index in [-0.39, 0.29) is 18.8 Å². The molecule has 2 atom stereocenters. The first-order chi connectivity index (χ1) is 20.9. The number of sulfone groups is 1. The van der Waals surface area contributed by atoms with Gasteiger partial charge in [-0.2, -0.15) is 0 Å². The fourth-order valence-electron chi connectivity index (χ4n) is 4.50. The van der Waals surface area contributed by atoms with Crippen LogP contribution in [0.25, 0.3) is 0 Å². The monoisotopic (exact) mass is 596 g/mol. The predicted octanol–water partition coefficient (Wildman–Crippen LogP) is 5.77. The Morgan fingerprint density at radius 1 is 0.674 bits per heavy atom. The van der Waals surface area contributed by atoms with E-state index < -0.39 is 33.9 Å². The minimum Gasteiger partial charge on any atom is -0.445 e. The second-order valence-electron chi connectivity index (χ2n) is 10.2. The van der Waals surface area contributed by atoms with Crippen LogP contribution in [0.15, 0.2) is 133 Å². The summed E-state index contributed by atoms with van der Waals surface area (Å²) in [5.41, 5.74) is 3.42. The number of aryl methyl sites for hydroxylation is 1. The van der Waals surface area contributed by atoms with Crippen molar-refractivity contribution in [3.63, 3.8) is 0 Å². The van der Waals surface area contributed by atoms with Gasteiger partial charge in [0.15, 0.2) is 9.84 Å². The first-order valence-electron chi connectivity index (χ1n) is 14.2. The van der Waals surface area contributed by atoms with Crippen molar-refractivity contribution in [1.82, 2.24) is 10.6 Å². The normalized spacial score (nSPS) is 12.7. The first kappa shape index (κ1) is 31.3. The molecule has 0 spiro atoms. The molecule has 0 aliphatic carbocycles. The topological polar surface area (TPSA) is 102 Å². The Labute approximate surface area is 253 Å². The molecule has 0 saturated heterocycles. The van der Waals surface area contributed by atoms with E-state index in [2.05, 4.69) is 10.6 Å². The molecule has 0 bridgehead atoms. The minimum atomic E-state index is -3.59. The lowest BCUT2D eigenvalue weighted by Crippen LogP contribution is -2.50. The van der Waals surface area contributed by atoms with Gasteiger partial charge >= 0.3 is 6.09 Å². The molecule has 0 saturated carbocycles. The molecule has 2 amide bonds. The van der Waals surface area contributed by atoms with Crippen LogP contribution >= 0.6 is 0 Å². The van der Waals surface area contributed by atoms with E-state index in [9.17, 15) is 18.0 Å². The van der Waals surface area contributed by atoms with Gasteiger partial charge in [0.1, 0.15) is 12.6 Å². The van der Waals surface area contributed by atoms with Crippen LogP contribution in [-0.4, -0.2) is 32.5 Å². The van der Waals surface area contributed by atoms with Crippen LogP contribution in [0.5, 0.6) is 0 Å². The highest BCUT2D eigenvalue weighted by Gasteiger charge is 2.24. The van der Waals surface area contributed by atoms with Crippen LogP contribution in [-0.2, 0) is 44.6 Å². The molecule has 222 valence electrons. The Kier molecular flexibility index (Phi) is 11.7. The molecule has 8 heteroatoms. The fraction of sp³-hybridized carbons (Fsp3) is 0.200. The smallest absolute Gasteiger partial charge is 0.408 e. The van der Waals surface area contributed by atoms with Crippen LogP contribution in [0, 0.1) is 0 Å². The zero-order valence-electron chi connectivity index (χ0n) is 23.8. The summed E-state index contributed by atoms with van der Waals surface area (Å²) in [4.78, 5) is 26.4. The predicted molar refractivity (Wildman–Crippen MR) is 169 cm³/mol. The van der Waals surface area contributed by atoms with E-state index in [4.69, 9.17) is 4.74 Å². The summed E-state index contributed by atoms with van der Waals surface area (Å²) in [6, 6.07) is 35.8. The Morgan fingerprint density at radius 2 is 1.19 bits per heavy atom. The van der Waals surface area contributed by atoms with Gasteiger partial charge in [-0.05, 0) is 35.1 Å². The second kappa shape index (κ2) is 16.1. The molecule has 0 fully saturated rings. The van der Waals surface area contributed by atoms with Crippen molar-refractivity contribution in [3.8, 4) is 0 Å². The third kappa shape index (κ3) is 11.2. The van der Waals surface area contributed by atoms with Gasteiger partial charge in [0.05, 0.1) is 5.75 Å².